The van der Waals surface area contributed by atoms with E-state index in [9.17, 15) is 14.0 Å². The number of hydrogen-bond acceptors (Lipinski definition) is 2. The molecule has 1 aromatic rings. The minimum atomic E-state index is -0.764. The largest absolute Gasteiger partial charge is 0.481 e. The van der Waals surface area contributed by atoms with Gasteiger partial charge < -0.3 is 15.7 Å². The summed E-state index contributed by atoms with van der Waals surface area (Å²) in [5.74, 6) is -1.43. The Balaban J connectivity index is 1.74. The average Bonchev–Trinajstić information content (AvgIpc) is 2.49. The number of carbonyl (C=O) groups is 2. The van der Waals surface area contributed by atoms with Crippen LogP contribution >= 0.6 is 15.9 Å². The van der Waals surface area contributed by atoms with Crippen LogP contribution in [0.3, 0.4) is 0 Å². The molecule has 2 amide bonds. The first-order chi connectivity index (χ1) is 10.5. The van der Waals surface area contributed by atoms with Gasteiger partial charge in [0.1, 0.15) is 5.82 Å². The van der Waals surface area contributed by atoms with Crippen molar-refractivity contribution >= 4 is 27.9 Å². The number of halogens is 2. The summed E-state index contributed by atoms with van der Waals surface area (Å²) in [7, 11) is 0. The zero-order valence-electron chi connectivity index (χ0n) is 11.9. The van der Waals surface area contributed by atoms with Gasteiger partial charge in [-0.2, -0.15) is 0 Å². The van der Waals surface area contributed by atoms with Gasteiger partial charge in [0.2, 0.25) is 0 Å². The standard InChI is InChI=1S/C15H18BrFN2O3/c16-12-6-1-9(7-13(12)17)8-18-15(22)19-11-4-2-10(3-5-11)14(20)21/h1,6-7,10-11H,2-5,8H2,(H,20,21)(H2,18,19,22). The van der Waals surface area contributed by atoms with Crippen molar-refractivity contribution in [3.05, 3.63) is 34.1 Å². The van der Waals surface area contributed by atoms with Gasteiger partial charge in [0.15, 0.2) is 0 Å². The zero-order chi connectivity index (χ0) is 16.1. The molecule has 2 rings (SSSR count). The number of carbonyl (C=O) groups excluding carboxylic acids is 1. The summed E-state index contributed by atoms with van der Waals surface area (Å²) in [6.45, 7) is 0.237. The molecule has 3 N–H and O–H groups in total. The molecule has 0 heterocycles. The van der Waals surface area contributed by atoms with E-state index in [-0.39, 0.29) is 30.4 Å². The van der Waals surface area contributed by atoms with Gasteiger partial charge in [-0.15, -0.1) is 0 Å². The molecule has 120 valence electrons. The fourth-order valence-electron chi connectivity index (χ4n) is 2.55. The summed E-state index contributed by atoms with van der Waals surface area (Å²) in [5, 5.41) is 14.4. The van der Waals surface area contributed by atoms with Crippen molar-refractivity contribution in [3.63, 3.8) is 0 Å². The maximum absolute atomic E-state index is 13.4. The Morgan fingerprint density at radius 3 is 2.55 bits per heavy atom. The monoisotopic (exact) mass is 372 g/mol. The molecule has 1 aliphatic carbocycles. The maximum atomic E-state index is 13.4. The van der Waals surface area contributed by atoms with Crippen LogP contribution in [0.4, 0.5) is 9.18 Å². The molecule has 7 heteroatoms. The van der Waals surface area contributed by atoms with E-state index in [0.29, 0.717) is 35.7 Å². The number of amides is 2. The first kappa shape index (κ1) is 16.7. The molecule has 0 radical (unpaired) electrons. The Morgan fingerprint density at radius 1 is 1.27 bits per heavy atom. The van der Waals surface area contributed by atoms with E-state index in [4.69, 9.17) is 5.11 Å². The molecule has 22 heavy (non-hydrogen) atoms. The molecule has 0 aromatic heterocycles. The van der Waals surface area contributed by atoms with E-state index >= 15 is 0 Å². The SMILES string of the molecule is O=C(NCc1ccc(Br)c(F)c1)NC1CCC(C(=O)O)CC1. The predicted octanol–water partition coefficient (Wildman–Crippen LogP) is 3.03. The third-order valence-electron chi connectivity index (χ3n) is 3.85. The lowest BCUT2D eigenvalue weighted by molar-refractivity contribution is -0.142. The molecule has 1 saturated carbocycles. The molecule has 1 aromatic carbocycles. The molecule has 1 fully saturated rings. The third-order valence-corrected chi connectivity index (χ3v) is 4.49. The van der Waals surface area contributed by atoms with E-state index in [1.807, 2.05) is 0 Å². The van der Waals surface area contributed by atoms with Crippen LogP contribution in [0.2, 0.25) is 0 Å². The Morgan fingerprint density at radius 2 is 1.95 bits per heavy atom. The fraction of sp³-hybridized carbons (Fsp3) is 0.467. The van der Waals surface area contributed by atoms with Crippen LogP contribution in [-0.4, -0.2) is 23.1 Å². The summed E-state index contributed by atoms with van der Waals surface area (Å²) in [5.41, 5.74) is 0.672. The number of aliphatic carboxylic acids is 1. The summed E-state index contributed by atoms with van der Waals surface area (Å²) < 4.78 is 13.7. The smallest absolute Gasteiger partial charge is 0.315 e. The number of urea groups is 1. The van der Waals surface area contributed by atoms with Gasteiger partial charge >= 0.3 is 12.0 Å². The third kappa shape index (κ3) is 4.69. The number of rotatable bonds is 4. The van der Waals surface area contributed by atoms with Crippen molar-refractivity contribution in [2.75, 3.05) is 0 Å². The van der Waals surface area contributed by atoms with Crippen molar-refractivity contribution in [2.45, 2.75) is 38.3 Å². The van der Waals surface area contributed by atoms with Crippen molar-refractivity contribution in [2.24, 2.45) is 5.92 Å². The van der Waals surface area contributed by atoms with Gasteiger partial charge in [-0.3, -0.25) is 4.79 Å². The molecule has 0 atom stereocenters. The van der Waals surface area contributed by atoms with Gasteiger partial charge in [-0.25, -0.2) is 9.18 Å². The highest BCUT2D eigenvalue weighted by molar-refractivity contribution is 9.10. The van der Waals surface area contributed by atoms with Crippen molar-refractivity contribution in [1.82, 2.24) is 10.6 Å². The fourth-order valence-corrected chi connectivity index (χ4v) is 2.80. The van der Waals surface area contributed by atoms with Crippen molar-refractivity contribution in [3.8, 4) is 0 Å². The van der Waals surface area contributed by atoms with Gasteiger partial charge in [0.25, 0.3) is 0 Å². The van der Waals surface area contributed by atoms with Gasteiger partial charge in [0, 0.05) is 12.6 Å². The average molecular weight is 373 g/mol. The van der Waals surface area contributed by atoms with Crippen LogP contribution < -0.4 is 10.6 Å². The topological polar surface area (TPSA) is 78.4 Å². The quantitative estimate of drug-likeness (QED) is 0.759. The molecular formula is C15H18BrFN2O3. The molecule has 0 unspecified atom stereocenters. The summed E-state index contributed by atoms with van der Waals surface area (Å²) >= 11 is 3.07. The Hall–Kier alpha value is -1.63. The van der Waals surface area contributed by atoms with Crippen molar-refractivity contribution < 1.29 is 19.1 Å². The van der Waals surface area contributed by atoms with E-state index in [0.717, 1.165) is 0 Å². The maximum Gasteiger partial charge on any atom is 0.315 e. The van der Waals surface area contributed by atoms with Crippen LogP contribution in [0.5, 0.6) is 0 Å². The van der Waals surface area contributed by atoms with Crippen LogP contribution in [0.25, 0.3) is 0 Å². The number of carboxylic acids is 1. The molecule has 0 aliphatic heterocycles. The van der Waals surface area contributed by atoms with Gasteiger partial charge in [0.05, 0.1) is 10.4 Å². The Bertz CT molecular complexity index is 560. The zero-order valence-corrected chi connectivity index (χ0v) is 13.5. The number of nitrogens with one attached hydrogen (secondary N) is 2. The molecular weight excluding hydrogens is 355 g/mol. The molecule has 0 spiro atoms. The molecule has 1 aliphatic rings. The normalized spacial score (nSPS) is 21.2. The molecule has 0 saturated heterocycles. The van der Waals surface area contributed by atoms with Gasteiger partial charge in [-0.1, -0.05) is 6.07 Å². The highest BCUT2D eigenvalue weighted by atomic mass is 79.9. The second-order valence-electron chi connectivity index (χ2n) is 5.46. The Kier molecular flexibility index (Phi) is 5.76. The van der Waals surface area contributed by atoms with Crippen LogP contribution in [0.1, 0.15) is 31.2 Å². The van der Waals surface area contributed by atoms with E-state index in [2.05, 4.69) is 26.6 Å². The van der Waals surface area contributed by atoms with E-state index in [1.54, 1.807) is 12.1 Å². The van der Waals surface area contributed by atoms with Gasteiger partial charge in [-0.05, 0) is 59.3 Å². The summed E-state index contributed by atoms with van der Waals surface area (Å²) in [4.78, 5) is 22.7. The highest BCUT2D eigenvalue weighted by Gasteiger charge is 2.26. The van der Waals surface area contributed by atoms with Crippen molar-refractivity contribution in [1.29, 1.82) is 0 Å². The van der Waals surface area contributed by atoms with Crippen LogP contribution in [-0.2, 0) is 11.3 Å². The highest BCUT2D eigenvalue weighted by Crippen LogP contribution is 2.24. The predicted molar refractivity (Wildman–Crippen MR) is 82.9 cm³/mol. The first-order valence-electron chi connectivity index (χ1n) is 7.17. The first-order valence-corrected chi connectivity index (χ1v) is 7.96. The minimum absolute atomic E-state index is 0.00254. The van der Waals surface area contributed by atoms with Crippen LogP contribution in [0, 0.1) is 11.7 Å². The van der Waals surface area contributed by atoms with E-state index in [1.165, 1.54) is 6.07 Å². The number of hydrogen-bond donors (Lipinski definition) is 3. The van der Waals surface area contributed by atoms with E-state index < -0.39 is 5.97 Å². The number of carboxylic acid groups (broad SMARTS) is 1. The Labute approximate surface area is 136 Å². The molecule has 5 nitrogen and oxygen atoms in total. The lowest BCUT2D eigenvalue weighted by Crippen LogP contribution is -2.43. The number of benzene rings is 1. The lowest BCUT2D eigenvalue weighted by Gasteiger charge is -2.26. The summed E-state index contributed by atoms with van der Waals surface area (Å²) in [6, 6.07) is 4.37. The summed E-state index contributed by atoms with van der Waals surface area (Å²) in [6.07, 6.45) is 2.49. The second kappa shape index (κ2) is 7.58. The lowest BCUT2D eigenvalue weighted by atomic mass is 9.86. The second-order valence-corrected chi connectivity index (χ2v) is 6.32. The molecule has 0 bridgehead atoms. The van der Waals surface area contributed by atoms with Crippen LogP contribution in [0.15, 0.2) is 22.7 Å². The minimum Gasteiger partial charge on any atom is -0.481 e.